The van der Waals surface area contributed by atoms with Crippen molar-refractivity contribution in [2.45, 2.75) is 24.7 Å². The number of nitrogens with one attached hydrogen (secondary N) is 2. The van der Waals surface area contributed by atoms with E-state index in [0.29, 0.717) is 27.2 Å². The van der Waals surface area contributed by atoms with Crippen LogP contribution in [-0.4, -0.2) is 49.0 Å². The number of aromatic amines is 1. The Kier molecular flexibility index (Phi) is 6.77. The summed E-state index contributed by atoms with van der Waals surface area (Å²) in [4.78, 5) is 15.2. The predicted molar refractivity (Wildman–Crippen MR) is 127 cm³/mol. The minimum atomic E-state index is -4.23. The first-order valence-corrected chi connectivity index (χ1v) is 12.0. The van der Waals surface area contributed by atoms with E-state index < -0.39 is 28.8 Å². The van der Waals surface area contributed by atoms with Gasteiger partial charge in [-0.3, -0.25) is 4.98 Å². The van der Waals surface area contributed by atoms with Crippen LogP contribution in [0, 0.1) is 6.92 Å². The van der Waals surface area contributed by atoms with E-state index in [0.717, 1.165) is 5.69 Å². The van der Waals surface area contributed by atoms with Crippen molar-refractivity contribution in [3.05, 3.63) is 52.8 Å². The molecule has 0 aliphatic rings. The Labute approximate surface area is 204 Å². The Morgan fingerprint density at radius 2 is 1.77 bits per heavy atom. The summed E-state index contributed by atoms with van der Waals surface area (Å²) >= 11 is 6.43. The predicted octanol–water partition coefficient (Wildman–Crippen LogP) is 4.61. The number of ether oxygens (including phenoxy) is 2. The first-order valence-electron chi connectivity index (χ1n) is 10.2. The van der Waals surface area contributed by atoms with Gasteiger partial charge in [-0.05, 0) is 31.2 Å². The van der Waals surface area contributed by atoms with Crippen LogP contribution in [0.25, 0.3) is 22.2 Å². The van der Waals surface area contributed by atoms with Crippen LogP contribution in [0.1, 0.15) is 11.3 Å². The maximum atomic E-state index is 13.3. The van der Waals surface area contributed by atoms with Gasteiger partial charge in [0.25, 0.3) is 10.0 Å². The highest BCUT2D eigenvalue weighted by molar-refractivity contribution is 7.93. The summed E-state index contributed by atoms with van der Waals surface area (Å²) in [6.07, 6.45) is -2.13. The van der Waals surface area contributed by atoms with Crippen LogP contribution in [-0.2, 0) is 16.4 Å². The summed E-state index contributed by atoms with van der Waals surface area (Å²) in [5.41, 5.74) is 2.29. The minimum Gasteiger partial charge on any atom is -0.481 e. The first kappa shape index (κ1) is 24.6. The Hall–Kier alpha value is -3.51. The standard InChI is InChI=1S/C22H20ClF2N5O4S/c1-11-5-4-6-15(27-11)18-14(23)8-7-12-16(10-26-19(12)18)35(31,32)30-22-28-20(33-2)13(9-17(24)25)21(29-22)34-3/h4-8,10,17,26H,9H2,1-3H3,(H,28,29,30). The molecule has 0 amide bonds. The molecule has 3 heterocycles. The lowest BCUT2D eigenvalue weighted by atomic mass is 10.1. The summed E-state index contributed by atoms with van der Waals surface area (Å²) in [7, 11) is -1.79. The van der Waals surface area contributed by atoms with Crippen molar-refractivity contribution >= 4 is 38.5 Å². The largest absolute Gasteiger partial charge is 0.481 e. The fourth-order valence-electron chi connectivity index (χ4n) is 3.63. The molecule has 1 aromatic carbocycles. The normalized spacial score (nSPS) is 11.7. The molecule has 4 aromatic rings. The summed E-state index contributed by atoms with van der Waals surface area (Å²) in [5.74, 6) is -0.859. The molecule has 0 saturated carbocycles. The number of H-pyrrole nitrogens is 1. The number of nitrogens with zero attached hydrogens (tertiary/aromatic N) is 3. The van der Waals surface area contributed by atoms with E-state index in [1.165, 1.54) is 20.4 Å². The second kappa shape index (κ2) is 9.62. The van der Waals surface area contributed by atoms with Gasteiger partial charge >= 0.3 is 0 Å². The van der Waals surface area contributed by atoms with E-state index >= 15 is 0 Å². The van der Waals surface area contributed by atoms with Gasteiger partial charge in [0, 0.05) is 29.3 Å². The Morgan fingerprint density at radius 3 is 2.37 bits per heavy atom. The van der Waals surface area contributed by atoms with Gasteiger partial charge < -0.3 is 14.5 Å². The Balaban J connectivity index is 1.78. The number of benzene rings is 1. The van der Waals surface area contributed by atoms with E-state index in [-0.39, 0.29) is 22.2 Å². The number of pyridine rings is 1. The number of methoxy groups -OCH3 is 2. The average Bonchev–Trinajstić information content (AvgIpc) is 3.24. The maximum Gasteiger partial charge on any atom is 0.266 e. The van der Waals surface area contributed by atoms with Gasteiger partial charge in [0.2, 0.25) is 24.1 Å². The van der Waals surface area contributed by atoms with Crippen molar-refractivity contribution in [1.29, 1.82) is 0 Å². The van der Waals surface area contributed by atoms with Crippen molar-refractivity contribution in [2.75, 3.05) is 18.9 Å². The van der Waals surface area contributed by atoms with E-state index in [4.69, 9.17) is 21.1 Å². The lowest BCUT2D eigenvalue weighted by Crippen LogP contribution is -2.16. The Bertz CT molecular complexity index is 1490. The van der Waals surface area contributed by atoms with Gasteiger partial charge in [-0.15, -0.1) is 0 Å². The van der Waals surface area contributed by atoms with Crippen LogP contribution in [0.2, 0.25) is 5.02 Å². The van der Waals surface area contributed by atoms with Crippen molar-refractivity contribution < 1.29 is 26.7 Å². The minimum absolute atomic E-state index is 0.0787. The van der Waals surface area contributed by atoms with Crippen molar-refractivity contribution in [1.82, 2.24) is 19.9 Å². The van der Waals surface area contributed by atoms with Crippen LogP contribution >= 0.6 is 11.6 Å². The van der Waals surface area contributed by atoms with Crippen molar-refractivity contribution in [2.24, 2.45) is 0 Å². The second-order valence-electron chi connectivity index (χ2n) is 7.41. The third-order valence-corrected chi connectivity index (χ3v) is 6.79. The van der Waals surface area contributed by atoms with Gasteiger partial charge in [0.1, 0.15) is 4.90 Å². The topological polar surface area (TPSA) is 119 Å². The number of hydrogen-bond acceptors (Lipinski definition) is 7. The van der Waals surface area contributed by atoms with Crippen LogP contribution in [0.5, 0.6) is 11.8 Å². The van der Waals surface area contributed by atoms with Crippen molar-refractivity contribution in [3.63, 3.8) is 0 Å². The van der Waals surface area contributed by atoms with Gasteiger partial charge in [-0.1, -0.05) is 17.7 Å². The number of aromatic nitrogens is 4. The summed E-state index contributed by atoms with van der Waals surface area (Å²) < 4.78 is 64.9. The van der Waals surface area contributed by atoms with Gasteiger partial charge in [0.15, 0.2) is 0 Å². The smallest absolute Gasteiger partial charge is 0.266 e. The molecule has 0 unspecified atom stereocenters. The molecular weight excluding hydrogens is 504 g/mol. The fraction of sp³-hybridized carbons (Fsp3) is 0.227. The van der Waals surface area contributed by atoms with Crippen LogP contribution in [0.4, 0.5) is 14.7 Å². The van der Waals surface area contributed by atoms with Gasteiger partial charge in [-0.2, -0.15) is 9.97 Å². The average molecular weight is 524 g/mol. The number of hydrogen-bond donors (Lipinski definition) is 2. The molecule has 0 atom stereocenters. The molecule has 0 aliphatic heterocycles. The highest BCUT2D eigenvalue weighted by atomic mass is 35.5. The quantitative estimate of drug-likeness (QED) is 0.346. The van der Waals surface area contributed by atoms with E-state index in [2.05, 4.69) is 24.7 Å². The zero-order valence-corrected chi connectivity index (χ0v) is 20.3. The molecule has 9 nitrogen and oxygen atoms in total. The third kappa shape index (κ3) is 4.84. The number of aryl methyl sites for hydroxylation is 1. The van der Waals surface area contributed by atoms with Crippen LogP contribution in [0.3, 0.4) is 0 Å². The summed E-state index contributed by atoms with van der Waals surface area (Å²) in [5, 5.41) is 0.746. The van der Waals surface area contributed by atoms with Gasteiger partial charge in [-0.25, -0.2) is 21.9 Å². The molecule has 184 valence electrons. The number of rotatable bonds is 8. The zero-order chi connectivity index (χ0) is 25.3. The molecule has 2 N–H and O–H groups in total. The molecule has 0 fully saturated rings. The molecule has 0 bridgehead atoms. The molecule has 0 spiro atoms. The molecule has 0 radical (unpaired) electrons. The second-order valence-corrected chi connectivity index (χ2v) is 9.47. The number of halogens is 3. The molecule has 0 saturated heterocycles. The number of alkyl halides is 2. The molecule has 0 aliphatic carbocycles. The first-order chi connectivity index (χ1) is 16.6. The monoisotopic (exact) mass is 523 g/mol. The van der Waals surface area contributed by atoms with Crippen LogP contribution < -0.4 is 14.2 Å². The van der Waals surface area contributed by atoms with Crippen molar-refractivity contribution in [3.8, 4) is 23.0 Å². The highest BCUT2D eigenvalue weighted by Crippen LogP contribution is 2.37. The summed E-state index contributed by atoms with van der Waals surface area (Å²) in [6, 6.07) is 8.58. The number of anilines is 1. The zero-order valence-electron chi connectivity index (χ0n) is 18.8. The maximum absolute atomic E-state index is 13.3. The van der Waals surface area contributed by atoms with E-state index in [9.17, 15) is 17.2 Å². The van der Waals surface area contributed by atoms with E-state index in [1.54, 1.807) is 18.2 Å². The fourth-order valence-corrected chi connectivity index (χ4v) is 5.00. The molecule has 4 rings (SSSR count). The molecule has 35 heavy (non-hydrogen) atoms. The SMILES string of the molecule is COc1nc(NS(=O)(=O)c2c[nH]c3c(-c4cccc(C)n4)c(Cl)ccc23)nc(OC)c1CC(F)F. The lowest BCUT2D eigenvalue weighted by molar-refractivity contribution is 0.146. The van der Waals surface area contributed by atoms with Crippen LogP contribution in [0.15, 0.2) is 41.4 Å². The number of fused-ring (bicyclic) bond motifs is 1. The molecular formula is C22H20ClF2N5O4S. The third-order valence-electron chi connectivity index (χ3n) is 5.10. The highest BCUT2D eigenvalue weighted by Gasteiger charge is 2.26. The van der Waals surface area contributed by atoms with Gasteiger partial charge in [0.05, 0.1) is 36.0 Å². The van der Waals surface area contributed by atoms with E-state index in [1.807, 2.05) is 19.1 Å². The lowest BCUT2D eigenvalue weighted by Gasteiger charge is -2.14. The molecule has 13 heteroatoms. The summed E-state index contributed by atoms with van der Waals surface area (Å²) in [6.45, 7) is 1.83. The Morgan fingerprint density at radius 1 is 1.09 bits per heavy atom. The number of sulfonamides is 1. The molecule has 3 aromatic heterocycles.